The summed E-state index contributed by atoms with van der Waals surface area (Å²) >= 11 is 0. The van der Waals surface area contributed by atoms with Crippen molar-refractivity contribution < 1.29 is 9.15 Å². The maximum absolute atomic E-state index is 6.02. The third-order valence-electron chi connectivity index (χ3n) is 2.32. The number of hydrogen-bond acceptors (Lipinski definition) is 3. The Labute approximate surface area is 88.5 Å². The van der Waals surface area contributed by atoms with Gasteiger partial charge in [0.15, 0.2) is 0 Å². The van der Waals surface area contributed by atoms with Crippen LogP contribution in [0.25, 0.3) is 0 Å². The lowest BCUT2D eigenvalue weighted by molar-refractivity contribution is 0.414. The van der Waals surface area contributed by atoms with Crippen LogP contribution in [0.15, 0.2) is 47.1 Å². The topological polar surface area (TPSA) is 48.4 Å². The van der Waals surface area contributed by atoms with Crippen molar-refractivity contribution in [3.05, 3.63) is 54.0 Å². The summed E-state index contributed by atoms with van der Waals surface area (Å²) in [5.74, 6) is 1.59. The molecule has 0 fully saturated rings. The Morgan fingerprint density at radius 2 is 1.93 bits per heavy atom. The molecule has 3 nitrogen and oxygen atoms in total. The number of furan rings is 1. The number of benzene rings is 1. The molecule has 0 aliphatic rings. The highest BCUT2D eigenvalue weighted by atomic mass is 16.5. The molecular weight excluding hydrogens is 190 g/mol. The normalized spacial score (nSPS) is 12.4. The molecule has 0 saturated heterocycles. The van der Waals surface area contributed by atoms with Crippen molar-refractivity contribution in [2.75, 3.05) is 7.11 Å². The zero-order valence-corrected chi connectivity index (χ0v) is 8.51. The van der Waals surface area contributed by atoms with Crippen LogP contribution in [0.5, 0.6) is 5.75 Å². The lowest BCUT2D eigenvalue weighted by Gasteiger charge is -2.09. The lowest BCUT2D eigenvalue weighted by atomic mass is 10.1. The van der Waals surface area contributed by atoms with E-state index < -0.39 is 0 Å². The molecule has 15 heavy (non-hydrogen) atoms. The van der Waals surface area contributed by atoms with Crippen LogP contribution in [0.3, 0.4) is 0 Å². The van der Waals surface area contributed by atoms with E-state index in [1.807, 2.05) is 36.4 Å². The Bertz CT molecular complexity index is 406. The fraction of sp³-hybridized carbons (Fsp3) is 0.167. The number of hydrogen-bond donors (Lipinski definition) is 1. The molecule has 0 aliphatic carbocycles. The summed E-state index contributed by atoms with van der Waals surface area (Å²) < 4.78 is 10.3. The van der Waals surface area contributed by atoms with Crippen molar-refractivity contribution >= 4 is 0 Å². The van der Waals surface area contributed by atoms with Crippen molar-refractivity contribution in [3.8, 4) is 5.75 Å². The zero-order valence-electron chi connectivity index (χ0n) is 8.51. The molecule has 78 valence electrons. The Morgan fingerprint density at radius 1 is 1.20 bits per heavy atom. The quantitative estimate of drug-likeness (QED) is 0.832. The van der Waals surface area contributed by atoms with E-state index in [9.17, 15) is 0 Å². The van der Waals surface area contributed by atoms with Gasteiger partial charge in [0.25, 0.3) is 0 Å². The van der Waals surface area contributed by atoms with Crippen molar-refractivity contribution in [1.82, 2.24) is 0 Å². The predicted octanol–water partition coefficient (Wildman–Crippen LogP) is 2.34. The molecule has 2 N–H and O–H groups in total. The first kappa shape index (κ1) is 9.80. The first-order valence-corrected chi connectivity index (χ1v) is 4.74. The van der Waals surface area contributed by atoms with Gasteiger partial charge in [0.1, 0.15) is 11.5 Å². The van der Waals surface area contributed by atoms with Gasteiger partial charge < -0.3 is 14.9 Å². The molecule has 0 saturated carbocycles. The third kappa shape index (κ3) is 2.02. The van der Waals surface area contributed by atoms with Gasteiger partial charge in [-0.25, -0.2) is 0 Å². The van der Waals surface area contributed by atoms with E-state index >= 15 is 0 Å². The fourth-order valence-electron chi connectivity index (χ4n) is 1.44. The van der Waals surface area contributed by atoms with Gasteiger partial charge in [0.05, 0.1) is 19.4 Å². The van der Waals surface area contributed by atoms with Crippen molar-refractivity contribution in [3.63, 3.8) is 0 Å². The monoisotopic (exact) mass is 203 g/mol. The highest BCUT2D eigenvalue weighted by molar-refractivity contribution is 5.32. The van der Waals surface area contributed by atoms with Crippen LogP contribution >= 0.6 is 0 Å². The highest BCUT2D eigenvalue weighted by Crippen LogP contribution is 2.21. The summed E-state index contributed by atoms with van der Waals surface area (Å²) in [7, 11) is 1.64. The van der Waals surface area contributed by atoms with Gasteiger partial charge in [-0.15, -0.1) is 0 Å². The van der Waals surface area contributed by atoms with Gasteiger partial charge in [-0.3, -0.25) is 0 Å². The Balaban J connectivity index is 2.22. The van der Waals surface area contributed by atoms with E-state index in [2.05, 4.69) is 0 Å². The maximum atomic E-state index is 6.02. The van der Waals surface area contributed by atoms with Crippen LogP contribution in [0.1, 0.15) is 17.4 Å². The summed E-state index contributed by atoms with van der Waals surface area (Å²) in [5, 5.41) is 0. The zero-order chi connectivity index (χ0) is 10.7. The second-order valence-corrected chi connectivity index (χ2v) is 3.27. The van der Waals surface area contributed by atoms with Crippen LogP contribution in [-0.4, -0.2) is 7.11 Å². The van der Waals surface area contributed by atoms with Gasteiger partial charge in [-0.1, -0.05) is 12.1 Å². The van der Waals surface area contributed by atoms with Crippen LogP contribution in [0, 0.1) is 0 Å². The van der Waals surface area contributed by atoms with Crippen molar-refractivity contribution in [1.29, 1.82) is 0 Å². The Morgan fingerprint density at radius 3 is 2.47 bits per heavy atom. The van der Waals surface area contributed by atoms with Gasteiger partial charge in [0, 0.05) is 0 Å². The molecule has 2 aromatic rings. The SMILES string of the molecule is COc1ccc(C(N)c2ccco2)cc1. The van der Waals surface area contributed by atoms with Gasteiger partial charge in [-0.05, 0) is 29.8 Å². The molecule has 0 bridgehead atoms. The summed E-state index contributed by atoms with van der Waals surface area (Å²) in [6.07, 6.45) is 1.62. The maximum Gasteiger partial charge on any atom is 0.124 e. The van der Waals surface area contributed by atoms with E-state index in [4.69, 9.17) is 14.9 Å². The van der Waals surface area contributed by atoms with Crippen molar-refractivity contribution in [2.24, 2.45) is 5.73 Å². The first-order chi connectivity index (χ1) is 7.31. The molecule has 1 atom stereocenters. The number of nitrogens with two attached hydrogens (primary N) is 1. The average Bonchev–Trinajstić information content (AvgIpc) is 2.82. The van der Waals surface area contributed by atoms with E-state index in [1.54, 1.807) is 13.4 Å². The largest absolute Gasteiger partial charge is 0.497 e. The minimum atomic E-state index is -0.217. The summed E-state index contributed by atoms with van der Waals surface area (Å²) in [6, 6.07) is 11.1. The second-order valence-electron chi connectivity index (χ2n) is 3.27. The lowest BCUT2D eigenvalue weighted by Crippen LogP contribution is -2.10. The molecule has 0 spiro atoms. The molecule has 0 amide bonds. The Kier molecular flexibility index (Phi) is 2.74. The summed E-state index contributed by atoms with van der Waals surface area (Å²) in [6.45, 7) is 0. The van der Waals surface area contributed by atoms with E-state index in [-0.39, 0.29) is 6.04 Å². The molecular formula is C12H13NO2. The van der Waals surface area contributed by atoms with Crippen LogP contribution in [0.4, 0.5) is 0 Å². The summed E-state index contributed by atoms with van der Waals surface area (Å²) in [4.78, 5) is 0. The molecule has 1 aromatic heterocycles. The van der Waals surface area contributed by atoms with E-state index in [1.165, 1.54) is 0 Å². The standard InChI is InChI=1S/C12H13NO2/c1-14-10-6-4-9(5-7-10)12(13)11-3-2-8-15-11/h2-8,12H,13H2,1H3. The number of methoxy groups -OCH3 is 1. The minimum absolute atomic E-state index is 0.217. The summed E-state index contributed by atoms with van der Waals surface area (Å²) in [5.41, 5.74) is 7.02. The van der Waals surface area contributed by atoms with Gasteiger partial charge in [-0.2, -0.15) is 0 Å². The molecule has 2 rings (SSSR count). The molecule has 0 radical (unpaired) electrons. The molecule has 0 aliphatic heterocycles. The molecule has 1 heterocycles. The average molecular weight is 203 g/mol. The van der Waals surface area contributed by atoms with Crippen molar-refractivity contribution in [2.45, 2.75) is 6.04 Å². The van der Waals surface area contributed by atoms with Crippen LogP contribution < -0.4 is 10.5 Å². The molecule has 1 unspecified atom stereocenters. The number of ether oxygens (including phenoxy) is 1. The third-order valence-corrected chi connectivity index (χ3v) is 2.32. The number of rotatable bonds is 3. The first-order valence-electron chi connectivity index (χ1n) is 4.74. The predicted molar refractivity (Wildman–Crippen MR) is 57.7 cm³/mol. The van der Waals surface area contributed by atoms with Crippen LogP contribution in [0.2, 0.25) is 0 Å². The molecule has 1 aromatic carbocycles. The molecule has 3 heteroatoms. The van der Waals surface area contributed by atoms with E-state index in [0.717, 1.165) is 17.1 Å². The Hall–Kier alpha value is -1.74. The smallest absolute Gasteiger partial charge is 0.124 e. The fourth-order valence-corrected chi connectivity index (χ4v) is 1.44. The van der Waals surface area contributed by atoms with Gasteiger partial charge >= 0.3 is 0 Å². The second kappa shape index (κ2) is 4.19. The minimum Gasteiger partial charge on any atom is -0.497 e. The van der Waals surface area contributed by atoms with Crippen LogP contribution in [-0.2, 0) is 0 Å². The van der Waals surface area contributed by atoms with E-state index in [0.29, 0.717) is 0 Å². The van der Waals surface area contributed by atoms with Gasteiger partial charge in [0.2, 0.25) is 0 Å². The highest BCUT2D eigenvalue weighted by Gasteiger charge is 2.10.